The van der Waals surface area contributed by atoms with Gasteiger partial charge in [0.1, 0.15) is 0 Å². The fourth-order valence-electron chi connectivity index (χ4n) is 3.81. The van der Waals surface area contributed by atoms with Gasteiger partial charge < -0.3 is 9.26 Å². The highest BCUT2D eigenvalue weighted by Gasteiger charge is 2.57. The molecule has 4 rings (SSSR count). The van der Waals surface area contributed by atoms with Gasteiger partial charge in [0, 0.05) is 25.6 Å². The normalized spacial score (nSPS) is 22.7. The van der Waals surface area contributed by atoms with Crippen LogP contribution in [0, 0.1) is 5.41 Å². The van der Waals surface area contributed by atoms with E-state index in [-0.39, 0.29) is 5.41 Å². The minimum Gasteiger partial charge on any atom is -0.381 e. The Kier molecular flexibility index (Phi) is 3.75. The average molecular weight is 326 g/mol. The summed E-state index contributed by atoms with van der Waals surface area (Å²) in [7, 11) is 0. The van der Waals surface area contributed by atoms with Gasteiger partial charge in [-0.05, 0) is 41.2 Å². The molecule has 2 aromatic rings. The number of nitrogens with zero attached hydrogens (tertiary/aromatic N) is 2. The van der Waals surface area contributed by atoms with Crippen LogP contribution in [0.3, 0.4) is 0 Å². The molecule has 0 radical (unpaired) electrons. The second kappa shape index (κ2) is 5.69. The van der Waals surface area contributed by atoms with Crippen molar-refractivity contribution in [2.45, 2.75) is 57.8 Å². The second-order valence-corrected chi connectivity index (χ2v) is 8.40. The summed E-state index contributed by atoms with van der Waals surface area (Å²) < 4.78 is 11.0. The zero-order valence-electron chi connectivity index (χ0n) is 14.8. The van der Waals surface area contributed by atoms with Crippen LogP contribution in [-0.2, 0) is 16.6 Å². The van der Waals surface area contributed by atoms with Crippen LogP contribution in [0.15, 0.2) is 28.8 Å². The lowest BCUT2D eigenvalue weighted by atomic mass is 9.86. The maximum Gasteiger partial charge on any atom is 0.230 e. The van der Waals surface area contributed by atoms with Crippen molar-refractivity contribution in [1.29, 1.82) is 0 Å². The molecule has 1 aliphatic heterocycles. The third kappa shape index (κ3) is 3.00. The van der Waals surface area contributed by atoms with Crippen molar-refractivity contribution in [1.82, 2.24) is 10.1 Å². The Morgan fingerprint density at radius 1 is 1.12 bits per heavy atom. The molecule has 1 spiro atoms. The van der Waals surface area contributed by atoms with Crippen molar-refractivity contribution < 1.29 is 9.26 Å². The maximum atomic E-state index is 5.56. The Hall–Kier alpha value is -1.68. The SMILES string of the molecule is CC(C)(C)c1ccc(Cc2noc(C3CC34CCOCC4)n2)cc1. The van der Waals surface area contributed by atoms with Crippen molar-refractivity contribution in [2.24, 2.45) is 5.41 Å². The largest absolute Gasteiger partial charge is 0.381 e. The van der Waals surface area contributed by atoms with Crippen molar-refractivity contribution in [3.8, 4) is 0 Å². The number of hydrogen-bond donors (Lipinski definition) is 0. The molecule has 0 bridgehead atoms. The fraction of sp³-hybridized carbons (Fsp3) is 0.600. The first kappa shape index (κ1) is 15.8. The Balaban J connectivity index is 1.43. The van der Waals surface area contributed by atoms with Crippen LogP contribution in [-0.4, -0.2) is 23.4 Å². The van der Waals surface area contributed by atoms with Gasteiger partial charge in [0.2, 0.25) is 5.89 Å². The van der Waals surface area contributed by atoms with Gasteiger partial charge in [-0.2, -0.15) is 4.98 Å². The van der Waals surface area contributed by atoms with Crippen LogP contribution in [0.2, 0.25) is 0 Å². The Morgan fingerprint density at radius 3 is 2.50 bits per heavy atom. The molecule has 1 saturated heterocycles. The average Bonchev–Trinajstić information content (AvgIpc) is 3.03. The Morgan fingerprint density at radius 2 is 1.83 bits per heavy atom. The summed E-state index contributed by atoms with van der Waals surface area (Å²) in [6, 6.07) is 8.75. The van der Waals surface area contributed by atoms with Gasteiger partial charge >= 0.3 is 0 Å². The first-order chi connectivity index (χ1) is 11.5. The number of ether oxygens (including phenoxy) is 1. The van der Waals surface area contributed by atoms with E-state index in [1.165, 1.54) is 17.5 Å². The van der Waals surface area contributed by atoms with E-state index in [2.05, 4.69) is 55.2 Å². The Bertz CT molecular complexity index is 706. The molecule has 2 heterocycles. The molecule has 1 atom stereocenters. The van der Waals surface area contributed by atoms with E-state index in [0.717, 1.165) is 44.2 Å². The molecule has 4 heteroatoms. The van der Waals surface area contributed by atoms with Gasteiger partial charge in [0.05, 0.1) is 0 Å². The van der Waals surface area contributed by atoms with E-state index in [0.29, 0.717) is 11.3 Å². The molecular formula is C20H26N2O2. The molecule has 128 valence electrons. The lowest BCUT2D eigenvalue weighted by molar-refractivity contribution is 0.0544. The van der Waals surface area contributed by atoms with E-state index in [4.69, 9.17) is 9.26 Å². The lowest BCUT2D eigenvalue weighted by Gasteiger charge is -2.21. The number of rotatable bonds is 3. The van der Waals surface area contributed by atoms with Gasteiger partial charge in [0.15, 0.2) is 5.82 Å². The van der Waals surface area contributed by atoms with Crippen molar-refractivity contribution >= 4 is 0 Å². The monoisotopic (exact) mass is 326 g/mol. The zero-order chi connectivity index (χ0) is 16.8. The van der Waals surface area contributed by atoms with Crippen molar-refractivity contribution in [3.05, 3.63) is 47.1 Å². The van der Waals surface area contributed by atoms with E-state index in [9.17, 15) is 0 Å². The Labute approximate surface area is 143 Å². The summed E-state index contributed by atoms with van der Waals surface area (Å²) >= 11 is 0. The highest BCUT2D eigenvalue weighted by atomic mass is 16.5. The summed E-state index contributed by atoms with van der Waals surface area (Å²) in [5.74, 6) is 2.08. The van der Waals surface area contributed by atoms with E-state index in [1.54, 1.807) is 0 Å². The molecule has 1 aromatic carbocycles. The van der Waals surface area contributed by atoms with Crippen molar-refractivity contribution in [3.63, 3.8) is 0 Å². The van der Waals surface area contributed by atoms with Crippen LogP contribution < -0.4 is 0 Å². The summed E-state index contributed by atoms with van der Waals surface area (Å²) in [6.45, 7) is 8.44. The fourth-order valence-corrected chi connectivity index (χ4v) is 3.81. The van der Waals surface area contributed by atoms with E-state index in [1.807, 2.05) is 0 Å². The zero-order valence-corrected chi connectivity index (χ0v) is 14.8. The van der Waals surface area contributed by atoms with Crippen LogP contribution in [0.25, 0.3) is 0 Å². The third-order valence-electron chi connectivity index (χ3n) is 5.64. The second-order valence-electron chi connectivity index (χ2n) is 8.40. The molecule has 1 aliphatic carbocycles. The number of benzene rings is 1. The van der Waals surface area contributed by atoms with Gasteiger partial charge in [-0.3, -0.25) is 0 Å². The highest BCUT2D eigenvalue weighted by molar-refractivity contribution is 5.29. The first-order valence-corrected chi connectivity index (χ1v) is 8.96. The predicted octanol–water partition coefficient (Wildman–Crippen LogP) is 4.24. The van der Waals surface area contributed by atoms with E-state index >= 15 is 0 Å². The quantitative estimate of drug-likeness (QED) is 0.846. The molecular weight excluding hydrogens is 300 g/mol. The summed E-state index contributed by atoms with van der Waals surface area (Å²) in [4.78, 5) is 4.67. The smallest absolute Gasteiger partial charge is 0.230 e. The number of hydrogen-bond acceptors (Lipinski definition) is 4. The minimum atomic E-state index is 0.182. The molecule has 1 aromatic heterocycles. The third-order valence-corrected chi connectivity index (χ3v) is 5.64. The lowest BCUT2D eigenvalue weighted by Crippen LogP contribution is -2.18. The molecule has 1 unspecified atom stereocenters. The first-order valence-electron chi connectivity index (χ1n) is 8.96. The molecule has 2 fully saturated rings. The number of aromatic nitrogens is 2. The van der Waals surface area contributed by atoms with Crippen LogP contribution in [0.5, 0.6) is 0 Å². The summed E-state index contributed by atoms with van der Waals surface area (Å²) in [5.41, 5.74) is 3.14. The molecule has 0 amide bonds. The van der Waals surface area contributed by atoms with Gasteiger partial charge in [-0.1, -0.05) is 50.2 Å². The minimum absolute atomic E-state index is 0.182. The standard InChI is InChI=1S/C20H26N2O2/c1-19(2,3)15-6-4-14(5-7-15)12-17-21-18(24-22-17)16-13-20(16)8-10-23-11-9-20/h4-7,16H,8-13H2,1-3H3. The molecule has 2 aliphatic rings. The molecule has 0 N–H and O–H groups in total. The van der Waals surface area contributed by atoms with E-state index < -0.39 is 0 Å². The van der Waals surface area contributed by atoms with Crippen LogP contribution in [0.1, 0.15) is 68.8 Å². The molecule has 1 saturated carbocycles. The van der Waals surface area contributed by atoms with Crippen LogP contribution in [0.4, 0.5) is 0 Å². The topological polar surface area (TPSA) is 48.2 Å². The van der Waals surface area contributed by atoms with Gasteiger partial charge in [0.25, 0.3) is 0 Å². The van der Waals surface area contributed by atoms with Gasteiger partial charge in [-0.25, -0.2) is 0 Å². The highest BCUT2D eigenvalue weighted by Crippen LogP contribution is 2.64. The predicted molar refractivity (Wildman–Crippen MR) is 92.1 cm³/mol. The summed E-state index contributed by atoms with van der Waals surface area (Å²) in [6.07, 6.45) is 4.17. The van der Waals surface area contributed by atoms with Gasteiger partial charge in [-0.15, -0.1) is 0 Å². The van der Waals surface area contributed by atoms with Crippen molar-refractivity contribution in [2.75, 3.05) is 13.2 Å². The van der Waals surface area contributed by atoms with Crippen LogP contribution >= 0.6 is 0 Å². The maximum absolute atomic E-state index is 5.56. The molecule has 24 heavy (non-hydrogen) atoms. The summed E-state index contributed by atoms with van der Waals surface area (Å²) in [5, 5.41) is 4.20. The molecule has 4 nitrogen and oxygen atoms in total.